The van der Waals surface area contributed by atoms with Gasteiger partial charge in [0.2, 0.25) is 0 Å². The molecule has 0 saturated heterocycles. The first-order valence-electron chi connectivity index (χ1n) is 3.89. The summed E-state index contributed by atoms with van der Waals surface area (Å²) in [7, 11) is 3.00. The second-order valence-corrected chi connectivity index (χ2v) is 1.04. The first kappa shape index (κ1) is 29.3. The molecule has 0 fully saturated rings. The zero-order valence-electron chi connectivity index (χ0n) is 9.36. The summed E-state index contributed by atoms with van der Waals surface area (Å²) >= 11 is 0. The molecule has 0 aromatic rings. The molecule has 0 bridgehead atoms. The topological polar surface area (TPSA) is 101 Å². The molecule has 0 radical (unpaired) electrons. The zero-order chi connectivity index (χ0) is 12.1. The number of aliphatic hydroxyl groups is 5. The van der Waals surface area contributed by atoms with Gasteiger partial charge in [0.05, 0.1) is 0 Å². The van der Waals surface area contributed by atoms with E-state index in [1.807, 2.05) is 6.92 Å². The fourth-order valence-corrected chi connectivity index (χ4v) is 0. The van der Waals surface area contributed by atoms with E-state index in [0.717, 1.165) is 27.8 Å². The lowest BCUT2D eigenvalue weighted by Gasteiger charge is -1.69. The Labute approximate surface area is 81.3 Å². The molecule has 0 aromatic heterocycles. The first-order chi connectivity index (χ1) is 6.33. The summed E-state index contributed by atoms with van der Waals surface area (Å²) in [5, 5.41) is 36.4. The van der Waals surface area contributed by atoms with Crippen LogP contribution in [0.2, 0.25) is 0 Å². The Morgan fingerprint density at radius 2 is 0.769 bits per heavy atom. The molecule has 0 rings (SSSR count). The van der Waals surface area contributed by atoms with Crippen molar-refractivity contribution < 1.29 is 25.5 Å². The van der Waals surface area contributed by atoms with E-state index in [9.17, 15) is 0 Å². The van der Waals surface area contributed by atoms with E-state index in [4.69, 9.17) is 25.5 Å². The maximum atomic E-state index is 7.88. The van der Waals surface area contributed by atoms with Gasteiger partial charge in [-0.2, -0.15) is 0 Å². The quantitative estimate of drug-likeness (QED) is 0.384. The van der Waals surface area contributed by atoms with E-state index in [1.54, 1.807) is 6.92 Å². The third kappa shape index (κ3) is 1770. The molecule has 0 aromatic carbocycles. The minimum atomic E-state index is 0.250. The Hall–Kier alpha value is -0.200. The summed E-state index contributed by atoms with van der Waals surface area (Å²) in [6, 6.07) is 0. The maximum absolute atomic E-state index is 7.88. The molecule has 0 heterocycles. The Morgan fingerprint density at radius 1 is 0.692 bits per heavy atom. The van der Waals surface area contributed by atoms with Crippen molar-refractivity contribution >= 4 is 0 Å². The third-order valence-electron chi connectivity index (χ3n) is 0.224. The van der Waals surface area contributed by atoms with Gasteiger partial charge in [0.15, 0.2) is 0 Å². The molecule has 0 aliphatic heterocycles. The Balaban J connectivity index is -0.0000000215. The predicted octanol–water partition coefficient (Wildman–Crippen LogP) is -0.787. The molecule has 0 aliphatic rings. The van der Waals surface area contributed by atoms with Gasteiger partial charge in [-0.15, -0.1) is 0 Å². The summed E-state index contributed by atoms with van der Waals surface area (Å²) in [5.41, 5.74) is 0. The van der Waals surface area contributed by atoms with Gasteiger partial charge in [0.25, 0.3) is 0 Å². The molecule has 0 spiro atoms. The van der Waals surface area contributed by atoms with Crippen molar-refractivity contribution in [2.45, 2.75) is 20.3 Å². The Bertz CT molecular complexity index is 20.0. The van der Waals surface area contributed by atoms with Crippen molar-refractivity contribution in [1.29, 1.82) is 0 Å². The molecular formula is C8H26O5. The van der Waals surface area contributed by atoms with Crippen LogP contribution in [0.1, 0.15) is 20.3 Å². The lowest BCUT2D eigenvalue weighted by molar-refractivity contribution is 0.295. The van der Waals surface area contributed by atoms with Crippen LogP contribution in [0, 0.1) is 0 Å². The Kier molecular flexibility index (Phi) is 396. The van der Waals surface area contributed by atoms with Crippen LogP contribution in [0.5, 0.6) is 0 Å². The van der Waals surface area contributed by atoms with Crippen LogP contribution in [0.3, 0.4) is 0 Å². The fraction of sp³-hybridized carbons (Fsp3) is 1.00. The SMILES string of the molecule is CCCO.CCO.CO.CO.CO. The minimum Gasteiger partial charge on any atom is -0.400 e. The highest BCUT2D eigenvalue weighted by Crippen LogP contribution is 1.61. The molecule has 0 saturated carbocycles. The average molecular weight is 202 g/mol. The smallest absolute Gasteiger partial charge is 0.0428 e. The number of aliphatic hydroxyl groups excluding tert-OH is 5. The van der Waals surface area contributed by atoms with Crippen LogP contribution < -0.4 is 0 Å². The van der Waals surface area contributed by atoms with E-state index in [1.165, 1.54) is 0 Å². The molecule has 0 aliphatic carbocycles. The molecule has 0 atom stereocenters. The van der Waals surface area contributed by atoms with Crippen LogP contribution >= 0.6 is 0 Å². The monoisotopic (exact) mass is 202 g/mol. The van der Waals surface area contributed by atoms with Crippen molar-refractivity contribution in [3.05, 3.63) is 0 Å². The highest BCUT2D eigenvalue weighted by atomic mass is 16.3. The highest BCUT2D eigenvalue weighted by Gasteiger charge is 1.57. The van der Waals surface area contributed by atoms with Crippen LogP contribution in [0.25, 0.3) is 0 Å². The molecule has 88 valence electrons. The van der Waals surface area contributed by atoms with Crippen LogP contribution in [-0.4, -0.2) is 60.1 Å². The van der Waals surface area contributed by atoms with Gasteiger partial charge in [0.1, 0.15) is 0 Å². The summed E-state index contributed by atoms with van der Waals surface area (Å²) in [6.45, 7) is 4.18. The molecule has 5 nitrogen and oxygen atoms in total. The van der Waals surface area contributed by atoms with Crippen LogP contribution in [0.15, 0.2) is 0 Å². The number of hydrogen-bond donors (Lipinski definition) is 5. The van der Waals surface area contributed by atoms with E-state index >= 15 is 0 Å². The van der Waals surface area contributed by atoms with Gasteiger partial charge in [-0.25, -0.2) is 0 Å². The van der Waals surface area contributed by atoms with Crippen molar-refractivity contribution in [2.75, 3.05) is 34.5 Å². The van der Waals surface area contributed by atoms with Crippen molar-refractivity contribution in [3.63, 3.8) is 0 Å². The van der Waals surface area contributed by atoms with E-state index in [0.29, 0.717) is 6.61 Å². The molecule has 0 unspecified atom stereocenters. The summed E-state index contributed by atoms with van der Waals surface area (Å²) < 4.78 is 0. The number of hydrogen-bond acceptors (Lipinski definition) is 5. The summed E-state index contributed by atoms with van der Waals surface area (Å²) in [5.74, 6) is 0. The maximum Gasteiger partial charge on any atom is 0.0428 e. The summed E-state index contributed by atoms with van der Waals surface area (Å²) in [4.78, 5) is 0. The molecule has 5 heteroatoms. The van der Waals surface area contributed by atoms with Crippen LogP contribution in [-0.2, 0) is 0 Å². The second kappa shape index (κ2) is 176. The van der Waals surface area contributed by atoms with Crippen molar-refractivity contribution in [3.8, 4) is 0 Å². The highest BCUT2D eigenvalue weighted by molar-refractivity contribution is 4.10. The van der Waals surface area contributed by atoms with E-state index in [2.05, 4.69) is 0 Å². The van der Waals surface area contributed by atoms with Crippen molar-refractivity contribution in [2.24, 2.45) is 0 Å². The van der Waals surface area contributed by atoms with Gasteiger partial charge in [-0.3, -0.25) is 0 Å². The second-order valence-electron chi connectivity index (χ2n) is 1.04. The van der Waals surface area contributed by atoms with Gasteiger partial charge in [-0.1, -0.05) is 6.92 Å². The van der Waals surface area contributed by atoms with E-state index < -0.39 is 0 Å². The van der Waals surface area contributed by atoms with Crippen LogP contribution in [0.4, 0.5) is 0 Å². The van der Waals surface area contributed by atoms with Gasteiger partial charge >= 0.3 is 0 Å². The van der Waals surface area contributed by atoms with Gasteiger partial charge in [-0.05, 0) is 13.3 Å². The van der Waals surface area contributed by atoms with Gasteiger partial charge in [0, 0.05) is 34.5 Å². The number of rotatable bonds is 1. The van der Waals surface area contributed by atoms with E-state index in [-0.39, 0.29) is 6.61 Å². The van der Waals surface area contributed by atoms with Crippen molar-refractivity contribution in [1.82, 2.24) is 0 Å². The first-order valence-corrected chi connectivity index (χ1v) is 3.89. The molecule has 0 amide bonds. The predicted molar refractivity (Wildman–Crippen MR) is 54.6 cm³/mol. The zero-order valence-corrected chi connectivity index (χ0v) is 9.36. The lowest BCUT2D eigenvalue weighted by atomic mass is 10.5. The average Bonchev–Trinajstić information content (AvgIpc) is 2.27. The standard InChI is InChI=1S/C3H8O.C2H6O.3CH4O/c1-2-3-4;1-2-3;3*1-2/h4H,2-3H2,1H3;3H,2H2,1H3;3*2H,1H3. The summed E-state index contributed by atoms with van der Waals surface area (Å²) in [6.07, 6.45) is 0.875. The largest absolute Gasteiger partial charge is 0.400 e. The minimum absolute atomic E-state index is 0.250. The van der Waals surface area contributed by atoms with Gasteiger partial charge < -0.3 is 25.5 Å². The Morgan fingerprint density at radius 3 is 0.769 bits per heavy atom. The molecule has 13 heavy (non-hydrogen) atoms. The fourth-order valence-electron chi connectivity index (χ4n) is 0. The molecular weight excluding hydrogens is 176 g/mol. The molecule has 5 N–H and O–H groups in total. The lowest BCUT2D eigenvalue weighted by Crippen LogP contribution is -1.69. The normalized spacial score (nSPS) is 5.08. The third-order valence-corrected chi connectivity index (χ3v) is 0.224.